The molecule has 1 N–H and O–H groups in total. The van der Waals surface area contributed by atoms with Crippen LogP contribution in [0.3, 0.4) is 0 Å². The Hall–Kier alpha value is -2.52. The third-order valence-electron chi connectivity index (χ3n) is 5.64. The number of aromatic nitrogens is 2. The van der Waals surface area contributed by atoms with Gasteiger partial charge in [0.2, 0.25) is 5.95 Å². The molecule has 3 rings (SSSR count). The molecular weight excluding hydrogens is 460 g/mol. The summed E-state index contributed by atoms with van der Waals surface area (Å²) >= 11 is 1.67. The first kappa shape index (κ1) is 27.1. The number of thiophene rings is 1. The van der Waals surface area contributed by atoms with Crippen LogP contribution in [-0.4, -0.2) is 61.4 Å². The number of nitrogens with one attached hydrogen (secondary N) is 1. The van der Waals surface area contributed by atoms with Crippen LogP contribution < -0.4 is 5.32 Å². The van der Waals surface area contributed by atoms with Crippen molar-refractivity contribution in [2.45, 2.75) is 39.2 Å². The zero-order valence-corrected chi connectivity index (χ0v) is 21.8. The van der Waals surface area contributed by atoms with Gasteiger partial charge >= 0.3 is 0 Å². The molecule has 0 radical (unpaired) electrons. The van der Waals surface area contributed by atoms with E-state index in [-0.39, 0.29) is 0 Å². The second-order valence-corrected chi connectivity index (χ2v) is 9.31. The Bertz CT molecular complexity index is 967. The third-order valence-corrected chi connectivity index (χ3v) is 6.55. The number of ether oxygens (including phenoxy) is 3. The maximum atomic E-state index is 6.13. The van der Waals surface area contributed by atoms with E-state index in [1.807, 2.05) is 12.1 Å². The molecule has 190 valence electrons. The maximum Gasteiger partial charge on any atom is 0.227 e. The highest BCUT2D eigenvalue weighted by Crippen LogP contribution is 2.25. The van der Waals surface area contributed by atoms with Crippen molar-refractivity contribution in [1.82, 2.24) is 14.9 Å². The molecular formula is C27H38N4O3S. The molecule has 0 amide bonds. The zero-order chi connectivity index (χ0) is 24.7. The van der Waals surface area contributed by atoms with Crippen molar-refractivity contribution >= 4 is 17.3 Å². The van der Waals surface area contributed by atoms with Gasteiger partial charge in [-0.05, 0) is 56.6 Å². The first-order valence-corrected chi connectivity index (χ1v) is 13.2. The van der Waals surface area contributed by atoms with Crippen LogP contribution in [-0.2, 0) is 20.8 Å². The lowest BCUT2D eigenvalue weighted by atomic mass is 10.2. The minimum Gasteiger partial charge on any atom is -0.497 e. The minimum absolute atomic E-state index is 0.545. The fourth-order valence-corrected chi connectivity index (χ4v) is 4.60. The van der Waals surface area contributed by atoms with Crippen LogP contribution in [0.5, 0.6) is 0 Å². The van der Waals surface area contributed by atoms with Crippen LogP contribution in [0, 0.1) is 0 Å². The molecule has 0 saturated carbocycles. The largest absolute Gasteiger partial charge is 0.497 e. The molecule has 3 heterocycles. The van der Waals surface area contributed by atoms with Gasteiger partial charge in [0.15, 0.2) is 0 Å². The van der Waals surface area contributed by atoms with Gasteiger partial charge in [-0.15, -0.1) is 17.9 Å². The second-order valence-electron chi connectivity index (χ2n) is 8.31. The third kappa shape index (κ3) is 9.57. The molecule has 8 heteroatoms. The number of likely N-dealkylation sites (tertiary alicyclic amines) is 1. The Kier molecular flexibility index (Phi) is 12.0. The number of anilines is 1. The van der Waals surface area contributed by atoms with Crippen LogP contribution in [0.15, 0.2) is 60.0 Å². The molecule has 0 spiro atoms. The van der Waals surface area contributed by atoms with Crippen molar-refractivity contribution in [3.63, 3.8) is 0 Å². The van der Waals surface area contributed by atoms with Gasteiger partial charge in [-0.2, -0.15) is 0 Å². The summed E-state index contributed by atoms with van der Waals surface area (Å²) in [4.78, 5) is 12.8. The van der Waals surface area contributed by atoms with Crippen LogP contribution in [0.4, 0.5) is 5.95 Å². The van der Waals surface area contributed by atoms with Crippen molar-refractivity contribution in [1.29, 1.82) is 0 Å². The van der Waals surface area contributed by atoms with Crippen LogP contribution >= 0.6 is 11.3 Å². The second kappa shape index (κ2) is 15.5. The number of hydrogen-bond acceptors (Lipinski definition) is 8. The van der Waals surface area contributed by atoms with Gasteiger partial charge in [0.05, 0.1) is 31.3 Å². The normalized spacial score (nSPS) is 14.9. The quantitative estimate of drug-likeness (QED) is 0.139. The first-order chi connectivity index (χ1) is 17.2. The molecule has 0 unspecified atom stereocenters. The molecule has 0 bridgehead atoms. The molecule has 0 aromatic carbocycles. The van der Waals surface area contributed by atoms with E-state index in [1.165, 1.54) is 30.8 Å². The molecule has 1 saturated heterocycles. The van der Waals surface area contributed by atoms with Crippen molar-refractivity contribution in [3.05, 3.63) is 64.8 Å². The summed E-state index contributed by atoms with van der Waals surface area (Å²) in [6.45, 7) is 11.6. The van der Waals surface area contributed by atoms with E-state index < -0.39 is 0 Å². The summed E-state index contributed by atoms with van der Waals surface area (Å²) in [7, 11) is 1.71. The summed E-state index contributed by atoms with van der Waals surface area (Å²) in [6.07, 6.45) is 11.7. The summed E-state index contributed by atoms with van der Waals surface area (Å²) in [5.41, 5.74) is 2.97. The van der Waals surface area contributed by atoms with E-state index in [9.17, 15) is 0 Å². The number of rotatable bonds is 16. The maximum absolute atomic E-state index is 6.13. The number of methoxy groups -OCH3 is 1. The van der Waals surface area contributed by atoms with E-state index in [0.717, 1.165) is 42.1 Å². The number of nitrogens with zero attached hydrogens (tertiary/aromatic N) is 3. The lowest BCUT2D eigenvalue weighted by molar-refractivity contribution is 0.126. The molecule has 35 heavy (non-hydrogen) atoms. The molecule has 0 aliphatic carbocycles. The molecule has 2 aromatic rings. The Morgan fingerprint density at radius 2 is 2.11 bits per heavy atom. The molecule has 7 nitrogen and oxygen atoms in total. The average molecular weight is 499 g/mol. The summed E-state index contributed by atoms with van der Waals surface area (Å²) in [5.74, 6) is 1.49. The lowest BCUT2D eigenvalue weighted by Gasteiger charge is -2.16. The smallest absolute Gasteiger partial charge is 0.227 e. The van der Waals surface area contributed by atoms with Crippen LogP contribution in [0.25, 0.3) is 11.3 Å². The SMILES string of the molecule is C=CCOCC/C(=C\C=C(/CC)Nc1nccc(-c2csc(COC)c2)n1)OCCN1CCCC1. The highest BCUT2D eigenvalue weighted by atomic mass is 32.1. The molecule has 1 fully saturated rings. The summed E-state index contributed by atoms with van der Waals surface area (Å²) < 4.78 is 16.9. The Labute approximate surface area is 213 Å². The fraction of sp³-hybridized carbons (Fsp3) is 0.481. The van der Waals surface area contributed by atoms with Gasteiger partial charge in [0, 0.05) is 47.8 Å². The molecule has 0 atom stereocenters. The number of allylic oxidation sites excluding steroid dienone is 3. The van der Waals surface area contributed by atoms with Crippen molar-refractivity contribution in [2.24, 2.45) is 0 Å². The first-order valence-electron chi connectivity index (χ1n) is 12.3. The van der Waals surface area contributed by atoms with Crippen molar-refractivity contribution in [3.8, 4) is 11.3 Å². The van der Waals surface area contributed by atoms with Gasteiger partial charge in [0.25, 0.3) is 0 Å². The Morgan fingerprint density at radius 3 is 2.89 bits per heavy atom. The molecule has 2 aromatic heterocycles. The van der Waals surface area contributed by atoms with E-state index in [1.54, 1.807) is 30.7 Å². The predicted molar refractivity (Wildman–Crippen MR) is 143 cm³/mol. The van der Waals surface area contributed by atoms with Gasteiger partial charge in [-0.3, -0.25) is 4.90 Å². The van der Waals surface area contributed by atoms with Gasteiger partial charge < -0.3 is 19.5 Å². The lowest BCUT2D eigenvalue weighted by Crippen LogP contribution is -2.24. The minimum atomic E-state index is 0.545. The molecule has 1 aliphatic heterocycles. The van der Waals surface area contributed by atoms with Crippen molar-refractivity contribution in [2.75, 3.05) is 51.9 Å². The summed E-state index contributed by atoms with van der Waals surface area (Å²) in [5, 5.41) is 5.47. The van der Waals surface area contributed by atoms with E-state index >= 15 is 0 Å². The van der Waals surface area contributed by atoms with Crippen molar-refractivity contribution < 1.29 is 14.2 Å². The highest BCUT2D eigenvalue weighted by Gasteiger charge is 2.11. The standard InChI is InChI=1S/C27H38N4O3S/c1-4-16-33-17-11-24(34-18-15-31-13-6-7-14-31)9-8-23(5-2)29-27-28-12-10-26(30-27)22-19-25(20-32-3)35-21-22/h4,8-10,12,19,21H,1,5-7,11,13-18,20H2,2-3H3,(H,28,29,30)/b23-8+,24-9+. The van der Waals surface area contributed by atoms with Gasteiger partial charge in [0.1, 0.15) is 6.61 Å². The Morgan fingerprint density at radius 1 is 1.26 bits per heavy atom. The Balaban J connectivity index is 1.64. The predicted octanol–water partition coefficient (Wildman–Crippen LogP) is 5.65. The fourth-order valence-electron chi connectivity index (χ4n) is 3.75. The van der Waals surface area contributed by atoms with Gasteiger partial charge in [-0.25, -0.2) is 9.97 Å². The summed E-state index contributed by atoms with van der Waals surface area (Å²) in [6, 6.07) is 4.04. The topological polar surface area (TPSA) is 68.7 Å². The zero-order valence-electron chi connectivity index (χ0n) is 21.0. The van der Waals surface area contributed by atoms with E-state index in [0.29, 0.717) is 32.4 Å². The highest BCUT2D eigenvalue weighted by molar-refractivity contribution is 7.10. The van der Waals surface area contributed by atoms with E-state index in [2.05, 4.69) is 46.2 Å². The van der Waals surface area contributed by atoms with Gasteiger partial charge in [-0.1, -0.05) is 13.0 Å². The number of hydrogen-bond donors (Lipinski definition) is 1. The van der Waals surface area contributed by atoms with Crippen LogP contribution in [0.2, 0.25) is 0 Å². The van der Waals surface area contributed by atoms with E-state index in [4.69, 9.17) is 19.2 Å². The average Bonchev–Trinajstić information content (AvgIpc) is 3.57. The van der Waals surface area contributed by atoms with Crippen LogP contribution in [0.1, 0.15) is 37.5 Å². The monoisotopic (exact) mass is 498 g/mol. The molecule has 1 aliphatic rings.